The maximum atomic E-state index is 10.2. The molecule has 0 aliphatic rings. The Hall–Kier alpha value is -1.84. The molecule has 13 heavy (non-hydrogen) atoms. The van der Waals surface area contributed by atoms with Crippen LogP contribution in [0.3, 0.4) is 0 Å². The molecule has 1 N–H and O–H groups in total. The van der Waals surface area contributed by atoms with Crippen molar-refractivity contribution >= 4 is 12.0 Å². The molecule has 1 heterocycles. The number of hydrogen-bond acceptors (Lipinski definition) is 2. The molecule has 0 unspecified atom stereocenters. The van der Waals surface area contributed by atoms with Crippen LogP contribution in [-0.2, 0) is 11.3 Å². The van der Waals surface area contributed by atoms with E-state index in [4.69, 9.17) is 5.11 Å². The van der Waals surface area contributed by atoms with Gasteiger partial charge in [0.1, 0.15) is 0 Å². The van der Waals surface area contributed by atoms with Crippen LogP contribution in [0.2, 0.25) is 0 Å². The second kappa shape index (κ2) is 4.25. The van der Waals surface area contributed by atoms with Gasteiger partial charge in [-0.25, -0.2) is 4.79 Å². The van der Waals surface area contributed by atoms with E-state index in [1.807, 2.05) is 0 Å². The van der Waals surface area contributed by atoms with E-state index in [2.05, 4.69) is 11.7 Å². The molecule has 4 heteroatoms. The lowest BCUT2D eigenvalue weighted by Gasteiger charge is -1.90. The fourth-order valence-electron chi connectivity index (χ4n) is 0.865. The van der Waals surface area contributed by atoms with Gasteiger partial charge in [0.05, 0.1) is 12.7 Å². The van der Waals surface area contributed by atoms with Crippen molar-refractivity contribution in [3.8, 4) is 0 Å². The Balaban J connectivity index is 2.68. The number of aliphatic carboxylic acids is 1. The van der Waals surface area contributed by atoms with Crippen molar-refractivity contribution in [3.05, 3.63) is 36.7 Å². The Morgan fingerprint density at radius 3 is 3.15 bits per heavy atom. The summed E-state index contributed by atoms with van der Waals surface area (Å²) in [6.07, 6.45) is 7.64. The monoisotopic (exact) mass is 178 g/mol. The predicted octanol–water partition coefficient (Wildman–Crippen LogP) is 1.17. The number of carboxylic acids is 1. The van der Waals surface area contributed by atoms with Crippen molar-refractivity contribution in [1.82, 2.24) is 9.78 Å². The smallest absolute Gasteiger partial charge is 0.328 e. The summed E-state index contributed by atoms with van der Waals surface area (Å²) < 4.78 is 1.68. The van der Waals surface area contributed by atoms with Crippen LogP contribution in [0.25, 0.3) is 6.08 Å². The standard InChI is InChI=1S/C9H10N2O2/c1-2-5-11-7-8(6-10-11)3-4-9(12)13/h2-4,6-7H,1,5H2,(H,12,13)/b4-3+. The van der Waals surface area contributed by atoms with Gasteiger partial charge in [0, 0.05) is 17.8 Å². The lowest BCUT2D eigenvalue weighted by atomic mass is 10.3. The summed E-state index contributed by atoms with van der Waals surface area (Å²) in [5, 5.41) is 12.3. The Morgan fingerprint density at radius 1 is 1.77 bits per heavy atom. The molecule has 0 fully saturated rings. The molecule has 1 rings (SSSR count). The summed E-state index contributed by atoms with van der Waals surface area (Å²) in [4.78, 5) is 10.2. The fourth-order valence-corrected chi connectivity index (χ4v) is 0.865. The van der Waals surface area contributed by atoms with Gasteiger partial charge in [-0.15, -0.1) is 6.58 Å². The summed E-state index contributed by atoms with van der Waals surface area (Å²) in [7, 11) is 0. The second-order valence-corrected chi connectivity index (χ2v) is 2.46. The van der Waals surface area contributed by atoms with Gasteiger partial charge in [-0.05, 0) is 6.08 Å². The van der Waals surface area contributed by atoms with E-state index >= 15 is 0 Å². The minimum absolute atomic E-state index is 0.626. The molecule has 0 radical (unpaired) electrons. The first-order valence-electron chi connectivity index (χ1n) is 3.76. The van der Waals surface area contributed by atoms with Gasteiger partial charge in [-0.2, -0.15) is 5.10 Å². The van der Waals surface area contributed by atoms with Crippen molar-refractivity contribution < 1.29 is 9.90 Å². The van der Waals surface area contributed by atoms with Crippen molar-refractivity contribution in [2.75, 3.05) is 0 Å². The quantitative estimate of drug-likeness (QED) is 0.556. The molecule has 1 aromatic rings. The van der Waals surface area contributed by atoms with E-state index < -0.39 is 5.97 Å². The number of carboxylic acid groups (broad SMARTS) is 1. The lowest BCUT2D eigenvalue weighted by molar-refractivity contribution is -0.131. The number of aromatic nitrogens is 2. The molecule has 0 aliphatic carbocycles. The van der Waals surface area contributed by atoms with Crippen LogP contribution in [0.1, 0.15) is 5.56 Å². The first kappa shape index (κ1) is 9.25. The molecule has 0 aromatic carbocycles. The van der Waals surface area contributed by atoms with E-state index in [0.29, 0.717) is 6.54 Å². The minimum atomic E-state index is -0.962. The summed E-state index contributed by atoms with van der Waals surface area (Å²) in [6.45, 7) is 4.19. The molecule has 0 aliphatic heterocycles. The van der Waals surface area contributed by atoms with Crippen molar-refractivity contribution in [1.29, 1.82) is 0 Å². The highest BCUT2D eigenvalue weighted by atomic mass is 16.4. The predicted molar refractivity (Wildman–Crippen MR) is 49.1 cm³/mol. The summed E-state index contributed by atoms with van der Waals surface area (Å²) >= 11 is 0. The number of rotatable bonds is 4. The third-order valence-electron chi connectivity index (χ3n) is 1.39. The van der Waals surface area contributed by atoms with Crippen LogP contribution in [0.4, 0.5) is 0 Å². The van der Waals surface area contributed by atoms with Crippen molar-refractivity contribution in [3.63, 3.8) is 0 Å². The van der Waals surface area contributed by atoms with Crippen LogP contribution in [-0.4, -0.2) is 20.9 Å². The van der Waals surface area contributed by atoms with E-state index in [-0.39, 0.29) is 0 Å². The molecular weight excluding hydrogens is 168 g/mol. The molecule has 0 saturated carbocycles. The Labute approximate surface area is 75.8 Å². The number of carbonyl (C=O) groups is 1. The maximum absolute atomic E-state index is 10.2. The minimum Gasteiger partial charge on any atom is -0.478 e. The normalized spacial score (nSPS) is 10.5. The zero-order chi connectivity index (χ0) is 9.68. The lowest BCUT2D eigenvalue weighted by Crippen LogP contribution is -1.93. The average Bonchev–Trinajstić information content (AvgIpc) is 2.50. The highest BCUT2D eigenvalue weighted by Crippen LogP contribution is 2.00. The molecular formula is C9H10N2O2. The van der Waals surface area contributed by atoms with Gasteiger partial charge in [0.15, 0.2) is 0 Å². The van der Waals surface area contributed by atoms with E-state index in [0.717, 1.165) is 11.6 Å². The molecule has 0 amide bonds. The zero-order valence-corrected chi connectivity index (χ0v) is 7.05. The van der Waals surface area contributed by atoms with Crippen LogP contribution in [0.5, 0.6) is 0 Å². The molecule has 0 saturated heterocycles. The zero-order valence-electron chi connectivity index (χ0n) is 7.05. The van der Waals surface area contributed by atoms with E-state index in [9.17, 15) is 4.79 Å². The van der Waals surface area contributed by atoms with Gasteiger partial charge < -0.3 is 5.11 Å². The van der Waals surface area contributed by atoms with Crippen LogP contribution >= 0.6 is 0 Å². The maximum Gasteiger partial charge on any atom is 0.328 e. The van der Waals surface area contributed by atoms with E-state index in [1.54, 1.807) is 23.2 Å². The van der Waals surface area contributed by atoms with Crippen LogP contribution < -0.4 is 0 Å². The molecule has 0 spiro atoms. The van der Waals surface area contributed by atoms with Gasteiger partial charge in [0.25, 0.3) is 0 Å². The topological polar surface area (TPSA) is 55.1 Å². The summed E-state index contributed by atoms with van der Waals surface area (Å²) in [5.74, 6) is -0.962. The van der Waals surface area contributed by atoms with Crippen molar-refractivity contribution in [2.45, 2.75) is 6.54 Å². The highest BCUT2D eigenvalue weighted by molar-refractivity contribution is 5.85. The van der Waals surface area contributed by atoms with Gasteiger partial charge in [0.2, 0.25) is 0 Å². The Morgan fingerprint density at radius 2 is 2.54 bits per heavy atom. The second-order valence-electron chi connectivity index (χ2n) is 2.46. The first-order chi connectivity index (χ1) is 6.22. The van der Waals surface area contributed by atoms with Gasteiger partial charge in [-0.3, -0.25) is 4.68 Å². The van der Waals surface area contributed by atoms with E-state index in [1.165, 1.54) is 6.08 Å². The largest absolute Gasteiger partial charge is 0.478 e. The van der Waals surface area contributed by atoms with Crippen molar-refractivity contribution in [2.24, 2.45) is 0 Å². The SMILES string of the molecule is C=CCn1cc(/C=C/C(=O)O)cn1. The number of allylic oxidation sites excluding steroid dienone is 1. The first-order valence-corrected chi connectivity index (χ1v) is 3.76. The Bertz CT molecular complexity index is 339. The number of hydrogen-bond donors (Lipinski definition) is 1. The van der Waals surface area contributed by atoms with Gasteiger partial charge >= 0.3 is 5.97 Å². The molecule has 68 valence electrons. The summed E-state index contributed by atoms with van der Waals surface area (Å²) in [6, 6.07) is 0. The average molecular weight is 178 g/mol. The third kappa shape index (κ3) is 2.94. The third-order valence-corrected chi connectivity index (χ3v) is 1.39. The highest BCUT2D eigenvalue weighted by Gasteiger charge is 1.93. The molecule has 1 aromatic heterocycles. The van der Waals surface area contributed by atoms with Crippen LogP contribution in [0.15, 0.2) is 31.1 Å². The number of nitrogens with zero attached hydrogens (tertiary/aromatic N) is 2. The van der Waals surface area contributed by atoms with Gasteiger partial charge in [-0.1, -0.05) is 6.08 Å². The van der Waals surface area contributed by atoms with Crippen LogP contribution in [0, 0.1) is 0 Å². The molecule has 0 bridgehead atoms. The molecule has 4 nitrogen and oxygen atoms in total. The molecule has 0 atom stereocenters. The fraction of sp³-hybridized carbons (Fsp3) is 0.111. The Kier molecular flexibility index (Phi) is 3.03. The summed E-state index contributed by atoms with van der Waals surface area (Å²) in [5.41, 5.74) is 0.768.